The van der Waals surface area contributed by atoms with Crippen molar-refractivity contribution in [2.24, 2.45) is 35.5 Å². The lowest BCUT2D eigenvalue weighted by Gasteiger charge is -2.53. The lowest BCUT2D eigenvalue weighted by molar-refractivity contribution is -0.339. The molecule has 13 rings (SSSR count). The summed E-state index contributed by atoms with van der Waals surface area (Å²) in [6, 6.07) is 0. The van der Waals surface area contributed by atoms with Crippen molar-refractivity contribution in [2.45, 2.75) is 270 Å². The lowest BCUT2D eigenvalue weighted by atomic mass is 9.71. The Kier molecular flexibility index (Phi) is 14.9. The minimum absolute atomic E-state index is 0.0783. The number of ether oxygens (including phenoxy) is 12. The van der Waals surface area contributed by atoms with E-state index in [2.05, 4.69) is 83.7 Å². The second kappa shape index (κ2) is 21.2. The van der Waals surface area contributed by atoms with E-state index in [1.54, 1.807) is 6.08 Å². The molecule has 0 aromatic carbocycles. The van der Waals surface area contributed by atoms with Gasteiger partial charge in [0, 0.05) is 55.8 Å². The number of hydrogen-bond donors (Lipinski definition) is 3. The summed E-state index contributed by atoms with van der Waals surface area (Å²) >= 11 is 0. The number of rotatable bonds is 2. The van der Waals surface area contributed by atoms with Crippen LogP contribution in [0.25, 0.3) is 0 Å². The molecule has 1 aliphatic carbocycles. The van der Waals surface area contributed by atoms with Gasteiger partial charge in [0.15, 0.2) is 5.79 Å². The van der Waals surface area contributed by atoms with E-state index < -0.39 is 59.7 Å². The van der Waals surface area contributed by atoms with E-state index in [1.165, 1.54) is 0 Å². The van der Waals surface area contributed by atoms with E-state index in [4.69, 9.17) is 56.8 Å². The molecule has 426 valence electrons. The third-order valence-electron chi connectivity index (χ3n) is 21.3. The summed E-state index contributed by atoms with van der Waals surface area (Å²) < 4.78 is 83.8. The molecule has 0 radical (unpaired) electrons. The van der Waals surface area contributed by atoms with Crippen LogP contribution in [0.5, 0.6) is 0 Å². The van der Waals surface area contributed by atoms with Crippen LogP contribution in [0.4, 0.5) is 0 Å². The highest BCUT2D eigenvalue weighted by Crippen LogP contribution is 2.52. The molecule has 0 aromatic heterocycles. The number of aliphatic hydroxyl groups is 3. The molecule has 12 aliphatic heterocycles. The molecule has 15 heteroatoms. The summed E-state index contributed by atoms with van der Waals surface area (Å²) in [5.41, 5.74) is -1.90. The van der Waals surface area contributed by atoms with Crippen molar-refractivity contribution in [1.29, 1.82) is 0 Å². The predicted octanol–water partition coefficient (Wildman–Crippen LogP) is 7.09. The second-order valence-electron chi connectivity index (χ2n) is 26.2. The van der Waals surface area contributed by atoms with Crippen LogP contribution in [0, 0.1) is 35.5 Å². The summed E-state index contributed by atoms with van der Waals surface area (Å²) in [5.74, 6) is -0.480. The summed E-state index contributed by atoms with van der Waals surface area (Å²) in [5, 5.41) is 36.4. The Morgan fingerprint density at radius 1 is 0.545 bits per heavy atom. The van der Waals surface area contributed by atoms with Crippen molar-refractivity contribution in [3.05, 3.63) is 73.4 Å². The maximum Gasteiger partial charge on any atom is 0.171 e. The molecule has 3 N–H and O–H groups in total. The number of fused-ring (bicyclic) bond motifs is 11. The van der Waals surface area contributed by atoms with Gasteiger partial charge in [0.2, 0.25) is 0 Å². The molecule has 0 amide bonds. The van der Waals surface area contributed by atoms with Crippen LogP contribution < -0.4 is 0 Å². The van der Waals surface area contributed by atoms with Gasteiger partial charge in [0.05, 0.1) is 116 Å². The number of hydrogen-bond acceptors (Lipinski definition) is 15. The van der Waals surface area contributed by atoms with Gasteiger partial charge in [-0.15, -0.1) is 0 Å². The Labute approximate surface area is 456 Å². The van der Waals surface area contributed by atoms with Gasteiger partial charge in [0.25, 0.3) is 0 Å². The second-order valence-corrected chi connectivity index (χ2v) is 26.2. The molecule has 0 aromatic rings. The Balaban J connectivity index is 0.696. The molecule has 15 nitrogen and oxygen atoms in total. The predicted molar refractivity (Wildman–Crippen MR) is 282 cm³/mol. The molecule has 77 heavy (non-hydrogen) atoms. The van der Waals surface area contributed by atoms with Gasteiger partial charge < -0.3 is 72.2 Å². The van der Waals surface area contributed by atoms with Crippen LogP contribution in [-0.2, 0) is 56.8 Å². The van der Waals surface area contributed by atoms with Crippen LogP contribution >= 0.6 is 0 Å². The Bertz CT molecular complexity index is 2280. The van der Waals surface area contributed by atoms with E-state index in [0.29, 0.717) is 51.6 Å². The van der Waals surface area contributed by atoms with E-state index in [0.717, 1.165) is 32.1 Å². The Hall–Kier alpha value is -2.16. The van der Waals surface area contributed by atoms with Gasteiger partial charge >= 0.3 is 0 Å². The van der Waals surface area contributed by atoms with Crippen molar-refractivity contribution in [1.82, 2.24) is 0 Å². The highest BCUT2D eigenvalue weighted by atomic mass is 16.7. The zero-order valence-electron chi connectivity index (χ0n) is 46.2. The monoisotopic (exact) mass is 1070 g/mol. The average Bonchev–Trinajstić information content (AvgIpc) is 3.55. The summed E-state index contributed by atoms with van der Waals surface area (Å²) in [6.07, 6.45) is 22.4. The van der Waals surface area contributed by atoms with Crippen molar-refractivity contribution >= 4 is 0 Å². The zero-order chi connectivity index (χ0) is 53.1. The molecule has 12 heterocycles. The van der Waals surface area contributed by atoms with Gasteiger partial charge in [-0.1, -0.05) is 101 Å². The summed E-state index contributed by atoms with van der Waals surface area (Å²) in [4.78, 5) is 0. The first kappa shape index (κ1) is 54.1. The molecule has 0 bridgehead atoms. The number of allylic oxidation sites excluding steroid dienone is 2. The fourth-order valence-electron chi connectivity index (χ4n) is 16.6. The normalized spacial score (nSPS) is 57.1. The first-order valence-electron chi connectivity index (χ1n) is 30.0. The molecule has 13 aliphatic rings. The van der Waals surface area contributed by atoms with E-state index in [1.807, 2.05) is 25.2 Å². The smallest absolute Gasteiger partial charge is 0.171 e. The molecular formula is C62H88O15. The Morgan fingerprint density at radius 2 is 1.29 bits per heavy atom. The van der Waals surface area contributed by atoms with Gasteiger partial charge in [-0.2, -0.15) is 0 Å². The fraction of sp³-hybridized carbons (Fsp3) is 0.806. The van der Waals surface area contributed by atoms with Crippen molar-refractivity contribution in [3.8, 4) is 0 Å². The van der Waals surface area contributed by atoms with Crippen LogP contribution in [0.1, 0.15) is 119 Å². The van der Waals surface area contributed by atoms with Crippen LogP contribution in [-0.4, -0.2) is 173 Å². The fourth-order valence-corrected chi connectivity index (χ4v) is 16.6. The topological polar surface area (TPSA) is 171 Å². The van der Waals surface area contributed by atoms with Gasteiger partial charge in [0.1, 0.15) is 35.6 Å². The maximum absolute atomic E-state index is 12.5. The van der Waals surface area contributed by atoms with E-state index >= 15 is 0 Å². The summed E-state index contributed by atoms with van der Waals surface area (Å²) in [6.45, 7) is 17.3. The zero-order valence-corrected chi connectivity index (χ0v) is 46.2. The highest BCUT2D eigenvalue weighted by Gasteiger charge is 2.62. The third-order valence-corrected chi connectivity index (χ3v) is 21.3. The quantitative estimate of drug-likeness (QED) is 0.189. The maximum atomic E-state index is 12.5. The molecule has 1 saturated carbocycles. The van der Waals surface area contributed by atoms with Gasteiger partial charge in [-0.05, 0) is 70.6 Å². The molecule has 8 saturated heterocycles. The van der Waals surface area contributed by atoms with Gasteiger partial charge in [-0.25, -0.2) is 0 Å². The first-order valence-corrected chi connectivity index (χ1v) is 30.0. The van der Waals surface area contributed by atoms with Gasteiger partial charge in [-0.3, -0.25) is 0 Å². The molecule has 9 fully saturated rings. The first-order chi connectivity index (χ1) is 37.1. The summed E-state index contributed by atoms with van der Waals surface area (Å²) in [7, 11) is 0. The van der Waals surface area contributed by atoms with Crippen LogP contribution in [0.2, 0.25) is 0 Å². The molecule has 1 spiro atoms. The largest absolute Gasteiger partial charge is 0.390 e. The van der Waals surface area contributed by atoms with E-state index in [-0.39, 0.29) is 127 Å². The van der Waals surface area contributed by atoms with E-state index in [9.17, 15) is 15.3 Å². The molecular weight excluding hydrogens is 985 g/mol. The molecule has 31 atom stereocenters. The highest BCUT2D eigenvalue weighted by molar-refractivity contribution is 5.20. The average molecular weight is 1070 g/mol. The van der Waals surface area contributed by atoms with Crippen molar-refractivity contribution < 1.29 is 72.2 Å². The molecule has 31 unspecified atom stereocenters. The van der Waals surface area contributed by atoms with Crippen LogP contribution in [0.3, 0.4) is 0 Å². The minimum Gasteiger partial charge on any atom is -0.390 e. The third kappa shape index (κ3) is 9.74. The lowest BCUT2D eigenvalue weighted by Crippen LogP contribution is -2.63. The SMILES string of the molecule is C=CC=CC1C=CCC2OC3CC4OC5C=CC6(C)OC7CC(O)C8(C)OC9CC(C)CC%10OC%11C(CC%10OC9CC8OC7CC=CCC6OC5C=CC4CC3C(O)C2O1)OC1C(C)C(C)C2(CCCO2)OC1C(O)C%11C. The van der Waals surface area contributed by atoms with Crippen molar-refractivity contribution in [2.75, 3.05) is 6.61 Å². The number of aliphatic hydroxyl groups excluding tert-OH is 3. The Morgan fingerprint density at radius 3 is 2.12 bits per heavy atom. The van der Waals surface area contributed by atoms with Crippen LogP contribution in [0.15, 0.2) is 73.4 Å². The minimum atomic E-state index is -1.01. The van der Waals surface area contributed by atoms with Crippen molar-refractivity contribution in [3.63, 3.8) is 0 Å². The standard InChI is InChI=1S/C62H88O15/c1-8-9-14-37-15-12-17-42-58(67-37)55(65)38-27-36-19-20-40-41(68-43(36)28-44(38)69-42)21-23-60(6)52(71-40)18-11-10-16-39-49(75-60)30-51(63)61(7)53(72-39)31-47-48(76-61)26-32(2)25-45-46(70-47)29-50-56(73-45)34(4)54(64)59-57(74-50)33(3)35(5)62(77-59)22-13-24-66-62/h8-12,14-15,19-21,23,32-59,63-65H,1,13,16-18,22,24-31H2,2-7H3.